The van der Waals surface area contributed by atoms with Crippen LogP contribution >= 0.6 is 0 Å². The molecule has 0 aliphatic carbocycles. The van der Waals surface area contributed by atoms with Crippen molar-refractivity contribution in [3.63, 3.8) is 0 Å². The zero-order valence-corrected chi connectivity index (χ0v) is 7.12. The van der Waals surface area contributed by atoms with Crippen LogP contribution in [0, 0.1) is 12.7 Å². The number of hydrogen-bond acceptors (Lipinski definition) is 1. The number of rotatable bonds is 2. The highest BCUT2D eigenvalue weighted by Gasteiger charge is 1.96. The number of aliphatic carboxylic acids is 1. The first-order valence-electron chi connectivity index (χ1n) is 3.77. The first-order chi connectivity index (χ1) is 6.09. The molecule has 0 saturated heterocycles. The third kappa shape index (κ3) is 2.71. The van der Waals surface area contributed by atoms with Gasteiger partial charge in [-0.1, -0.05) is 6.07 Å². The molecule has 13 heavy (non-hydrogen) atoms. The van der Waals surface area contributed by atoms with Gasteiger partial charge in [-0.2, -0.15) is 0 Å². The Balaban J connectivity index is 2.96. The fourth-order valence-electron chi connectivity index (χ4n) is 0.987. The van der Waals surface area contributed by atoms with E-state index in [9.17, 15) is 9.18 Å². The van der Waals surface area contributed by atoms with Gasteiger partial charge < -0.3 is 5.11 Å². The molecule has 3 heteroatoms. The lowest BCUT2D eigenvalue weighted by Gasteiger charge is -1.98. The summed E-state index contributed by atoms with van der Waals surface area (Å²) in [6, 6.07) is 4.21. The van der Waals surface area contributed by atoms with Crippen LogP contribution in [-0.4, -0.2) is 11.1 Å². The predicted molar refractivity (Wildman–Crippen MR) is 47.8 cm³/mol. The van der Waals surface area contributed by atoms with Crippen molar-refractivity contribution in [3.05, 3.63) is 41.2 Å². The van der Waals surface area contributed by atoms with Gasteiger partial charge in [-0.25, -0.2) is 9.18 Å². The molecule has 0 radical (unpaired) electrons. The van der Waals surface area contributed by atoms with E-state index in [0.29, 0.717) is 5.56 Å². The number of carbonyl (C=O) groups is 1. The summed E-state index contributed by atoms with van der Waals surface area (Å²) in [5, 5.41) is 8.36. The van der Waals surface area contributed by atoms with Gasteiger partial charge in [0.1, 0.15) is 5.82 Å². The molecule has 0 aliphatic heterocycles. The third-order valence-corrected chi connectivity index (χ3v) is 1.64. The molecule has 0 amide bonds. The minimum atomic E-state index is -1.01. The maximum Gasteiger partial charge on any atom is 0.328 e. The second kappa shape index (κ2) is 3.85. The topological polar surface area (TPSA) is 37.3 Å². The molecule has 0 saturated carbocycles. The average molecular weight is 180 g/mol. The molecule has 0 aromatic heterocycles. The van der Waals surface area contributed by atoms with E-state index in [-0.39, 0.29) is 5.82 Å². The summed E-state index contributed by atoms with van der Waals surface area (Å²) in [4.78, 5) is 10.2. The average Bonchev–Trinajstić information content (AvgIpc) is 2.02. The summed E-state index contributed by atoms with van der Waals surface area (Å²) in [5.41, 5.74) is 1.43. The van der Waals surface area contributed by atoms with E-state index in [1.54, 1.807) is 13.0 Å². The lowest BCUT2D eigenvalue weighted by Crippen LogP contribution is -1.87. The second-order valence-corrected chi connectivity index (χ2v) is 2.67. The maximum absolute atomic E-state index is 12.6. The molecular weight excluding hydrogens is 171 g/mol. The van der Waals surface area contributed by atoms with Crippen LogP contribution in [0.4, 0.5) is 4.39 Å². The van der Waals surface area contributed by atoms with E-state index < -0.39 is 5.97 Å². The van der Waals surface area contributed by atoms with E-state index in [1.807, 2.05) is 0 Å². The molecule has 0 bridgehead atoms. The Kier molecular flexibility index (Phi) is 2.80. The van der Waals surface area contributed by atoms with E-state index >= 15 is 0 Å². The molecule has 0 heterocycles. The van der Waals surface area contributed by atoms with Crippen molar-refractivity contribution in [1.29, 1.82) is 0 Å². The third-order valence-electron chi connectivity index (χ3n) is 1.64. The quantitative estimate of drug-likeness (QED) is 0.708. The molecule has 0 aliphatic rings. The van der Waals surface area contributed by atoms with Crippen molar-refractivity contribution >= 4 is 12.0 Å². The summed E-state index contributed by atoms with van der Waals surface area (Å²) in [7, 11) is 0. The highest BCUT2D eigenvalue weighted by atomic mass is 19.1. The number of benzene rings is 1. The van der Waals surface area contributed by atoms with E-state index in [2.05, 4.69) is 0 Å². The Labute approximate surface area is 75.3 Å². The van der Waals surface area contributed by atoms with Crippen LogP contribution in [0.15, 0.2) is 24.3 Å². The monoisotopic (exact) mass is 180 g/mol. The zero-order valence-electron chi connectivity index (χ0n) is 7.12. The summed E-state index contributed by atoms with van der Waals surface area (Å²) in [6.07, 6.45) is 2.47. The maximum atomic E-state index is 12.6. The van der Waals surface area contributed by atoms with E-state index in [0.717, 1.165) is 11.6 Å². The smallest absolute Gasteiger partial charge is 0.328 e. The van der Waals surface area contributed by atoms with Gasteiger partial charge in [0, 0.05) is 6.08 Å². The summed E-state index contributed by atoms with van der Waals surface area (Å²) in [6.45, 7) is 1.73. The molecule has 1 rings (SSSR count). The van der Waals surface area contributed by atoms with Crippen LogP contribution in [0.25, 0.3) is 6.08 Å². The van der Waals surface area contributed by atoms with Crippen molar-refractivity contribution in [1.82, 2.24) is 0 Å². The van der Waals surface area contributed by atoms with Crippen molar-refractivity contribution < 1.29 is 14.3 Å². The highest BCUT2D eigenvalue weighted by Crippen LogP contribution is 2.11. The Morgan fingerprint density at radius 2 is 2.23 bits per heavy atom. The van der Waals surface area contributed by atoms with Crippen molar-refractivity contribution in [2.45, 2.75) is 6.92 Å². The summed E-state index contributed by atoms with van der Waals surface area (Å²) < 4.78 is 12.6. The zero-order chi connectivity index (χ0) is 9.84. The van der Waals surface area contributed by atoms with Crippen molar-refractivity contribution in [3.8, 4) is 0 Å². The molecule has 2 nitrogen and oxygen atoms in total. The van der Waals surface area contributed by atoms with Gasteiger partial charge in [0.25, 0.3) is 0 Å². The Hall–Kier alpha value is -1.64. The minimum Gasteiger partial charge on any atom is -0.478 e. The fourth-order valence-corrected chi connectivity index (χ4v) is 0.987. The van der Waals surface area contributed by atoms with Gasteiger partial charge in [0.15, 0.2) is 0 Å². The lowest BCUT2D eigenvalue weighted by molar-refractivity contribution is -0.131. The van der Waals surface area contributed by atoms with Crippen molar-refractivity contribution in [2.24, 2.45) is 0 Å². The summed E-state index contributed by atoms with van der Waals surface area (Å²) >= 11 is 0. The molecule has 0 unspecified atom stereocenters. The number of aryl methyl sites for hydroxylation is 1. The fraction of sp³-hybridized carbons (Fsp3) is 0.100. The van der Waals surface area contributed by atoms with Gasteiger partial charge >= 0.3 is 5.97 Å². The normalized spacial score (nSPS) is 10.6. The van der Waals surface area contributed by atoms with Crippen LogP contribution < -0.4 is 0 Å². The van der Waals surface area contributed by atoms with Crippen LogP contribution in [0.3, 0.4) is 0 Å². The van der Waals surface area contributed by atoms with Gasteiger partial charge in [-0.3, -0.25) is 0 Å². The van der Waals surface area contributed by atoms with Crippen LogP contribution in [0.2, 0.25) is 0 Å². The lowest BCUT2D eigenvalue weighted by atomic mass is 10.1. The van der Waals surface area contributed by atoms with Gasteiger partial charge in [-0.15, -0.1) is 0 Å². The molecular formula is C10H9FO2. The van der Waals surface area contributed by atoms with Gasteiger partial charge in [-0.05, 0) is 36.3 Å². The number of hydrogen-bond donors (Lipinski definition) is 1. The standard InChI is InChI=1S/C10H9FO2/c1-7-6-9(11)4-2-8(7)3-5-10(12)13/h2-6H,1H3,(H,12,13). The predicted octanol–water partition coefficient (Wildman–Crippen LogP) is 2.23. The second-order valence-electron chi connectivity index (χ2n) is 2.67. The van der Waals surface area contributed by atoms with Crippen LogP contribution in [0.5, 0.6) is 0 Å². The largest absolute Gasteiger partial charge is 0.478 e. The van der Waals surface area contributed by atoms with Gasteiger partial charge in [0.05, 0.1) is 0 Å². The molecule has 0 spiro atoms. The van der Waals surface area contributed by atoms with Crippen LogP contribution in [0.1, 0.15) is 11.1 Å². The summed E-state index contributed by atoms with van der Waals surface area (Å²) in [5.74, 6) is -1.33. The number of carboxylic acids is 1. The molecule has 1 N–H and O–H groups in total. The van der Waals surface area contributed by atoms with Crippen LogP contribution in [-0.2, 0) is 4.79 Å². The Morgan fingerprint density at radius 3 is 2.77 bits per heavy atom. The van der Waals surface area contributed by atoms with Gasteiger partial charge in [0.2, 0.25) is 0 Å². The Morgan fingerprint density at radius 1 is 1.54 bits per heavy atom. The Bertz CT molecular complexity index is 356. The van der Waals surface area contributed by atoms with E-state index in [4.69, 9.17) is 5.11 Å². The molecule has 0 atom stereocenters. The van der Waals surface area contributed by atoms with Crippen molar-refractivity contribution in [2.75, 3.05) is 0 Å². The van der Waals surface area contributed by atoms with E-state index in [1.165, 1.54) is 18.2 Å². The SMILES string of the molecule is Cc1cc(F)ccc1C=CC(=O)O. The highest BCUT2D eigenvalue weighted by molar-refractivity contribution is 5.85. The molecule has 0 fully saturated rings. The molecule has 1 aromatic carbocycles. The molecule has 1 aromatic rings. The molecule has 68 valence electrons. The minimum absolute atomic E-state index is 0.315. The first kappa shape index (κ1) is 9.45. The number of carboxylic acid groups (broad SMARTS) is 1. The number of halogens is 1. The first-order valence-corrected chi connectivity index (χ1v) is 3.77.